The standard InChI is InChI=1S/C11H8FNO/c12-13-11(14)10-6-5-8-3-1-2-4-9(8)7-10/h1-7H,(H,13,14). The lowest BCUT2D eigenvalue weighted by molar-refractivity contribution is 0.0859. The predicted molar refractivity (Wildman–Crippen MR) is 52.5 cm³/mol. The minimum Gasteiger partial charge on any atom is -0.267 e. The summed E-state index contributed by atoms with van der Waals surface area (Å²) in [6.07, 6.45) is 0. The fourth-order valence-corrected chi connectivity index (χ4v) is 1.39. The van der Waals surface area contributed by atoms with Crippen LogP contribution in [0.3, 0.4) is 0 Å². The number of carbonyl (C=O) groups excluding carboxylic acids is 1. The highest BCUT2D eigenvalue weighted by Gasteiger charge is 2.04. The monoisotopic (exact) mass is 189 g/mol. The van der Waals surface area contributed by atoms with Gasteiger partial charge in [-0.15, -0.1) is 0 Å². The molecule has 0 spiro atoms. The van der Waals surface area contributed by atoms with Crippen molar-refractivity contribution in [3.8, 4) is 0 Å². The Morgan fingerprint density at radius 2 is 1.79 bits per heavy atom. The molecule has 2 aromatic rings. The van der Waals surface area contributed by atoms with E-state index in [2.05, 4.69) is 0 Å². The molecule has 0 fully saturated rings. The minimum atomic E-state index is -0.712. The third-order valence-corrected chi connectivity index (χ3v) is 2.10. The Kier molecular flexibility index (Phi) is 2.14. The van der Waals surface area contributed by atoms with E-state index in [1.807, 2.05) is 24.3 Å². The lowest BCUT2D eigenvalue weighted by atomic mass is 10.1. The van der Waals surface area contributed by atoms with Gasteiger partial charge in [0, 0.05) is 5.56 Å². The first kappa shape index (κ1) is 8.69. The van der Waals surface area contributed by atoms with Gasteiger partial charge in [-0.25, -0.2) is 0 Å². The molecule has 2 rings (SSSR count). The van der Waals surface area contributed by atoms with Crippen molar-refractivity contribution in [3.05, 3.63) is 48.0 Å². The number of carbonyl (C=O) groups is 1. The van der Waals surface area contributed by atoms with Gasteiger partial charge in [0.15, 0.2) is 0 Å². The number of hydrogen-bond donors (Lipinski definition) is 1. The second-order valence-electron chi connectivity index (χ2n) is 2.99. The lowest BCUT2D eigenvalue weighted by Gasteiger charge is -2.00. The summed E-state index contributed by atoms with van der Waals surface area (Å²) in [4.78, 5) is 11.0. The summed E-state index contributed by atoms with van der Waals surface area (Å²) in [6.45, 7) is 0. The molecule has 1 N–H and O–H groups in total. The second-order valence-corrected chi connectivity index (χ2v) is 2.99. The molecule has 0 aliphatic heterocycles. The fraction of sp³-hybridized carbons (Fsp3) is 0. The molecule has 0 bridgehead atoms. The number of fused-ring (bicyclic) bond motifs is 1. The van der Waals surface area contributed by atoms with Gasteiger partial charge in [0.25, 0.3) is 5.91 Å². The van der Waals surface area contributed by atoms with E-state index in [0.29, 0.717) is 5.56 Å². The maximum Gasteiger partial charge on any atom is 0.278 e. The van der Waals surface area contributed by atoms with Crippen LogP contribution in [0.1, 0.15) is 10.4 Å². The molecule has 0 unspecified atom stereocenters. The first-order valence-electron chi connectivity index (χ1n) is 4.21. The van der Waals surface area contributed by atoms with Crippen LogP contribution in [0.25, 0.3) is 10.8 Å². The first-order valence-corrected chi connectivity index (χ1v) is 4.21. The summed E-state index contributed by atoms with van der Waals surface area (Å²) >= 11 is 0. The number of nitrogens with one attached hydrogen (secondary N) is 1. The third-order valence-electron chi connectivity index (χ3n) is 2.10. The molecule has 3 heteroatoms. The highest BCUT2D eigenvalue weighted by atomic mass is 19.2. The second kappa shape index (κ2) is 3.46. The summed E-state index contributed by atoms with van der Waals surface area (Å²) in [7, 11) is 0. The normalized spacial score (nSPS) is 10.1. The third kappa shape index (κ3) is 1.44. The van der Waals surface area contributed by atoms with E-state index in [1.165, 1.54) is 0 Å². The van der Waals surface area contributed by atoms with Crippen LogP contribution in [-0.4, -0.2) is 5.91 Å². The van der Waals surface area contributed by atoms with Crippen LogP contribution in [0.15, 0.2) is 42.5 Å². The van der Waals surface area contributed by atoms with E-state index in [1.54, 1.807) is 18.2 Å². The van der Waals surface area contributed by atoms with Crippen molar-refractivity contribution in [2.24, 2.45) is 0 Å². The molecule has 0 atom stereocenters. The van der Waals surface area contributed by atoms with Crippen molar-refractivity contribution < 1.29 is 9.28 Å². The Balaban J connectivity index is 2.56. The van der Waals surface area contributed by atoms with E-state index in [9.17, 15) is 9.28 Å². The average Bonchev–Trinajstić information content (AvgIpc) is 2.27. The van der Waals surface area contributed by atoms with E-state index in [4.69, 9.17) is 0 Å². The molecule has 14 heavy (non-hydrogen) atoms. The summed E-state index contributed by atoms with van der Waals surface area (Å²) < 4.78 is 11.9. The Labute approximate surface area is 80.3 Å². The van der Waals surface area contributed by atoms with Gasteiger partial charge in [-0.1, -0.05) is 34.8 Å². The van der Waals surface area contributed by atoms with Crippen LogP contribution < -0.4 is 5.54 Å². The summed E-state index contributed by atoms with van der Waals surface area (Å²) in [6, 6.07) is 12.6. The lowest BCUT2D eigenvalue weighted by Crippen LogP contribution is -2.13. The van der Waals surface area contributed by atoms with Crippen LogP contribution in [0, 0.1) is 0 Å². The Morgan fingerprint density at radius 1 is 1.07 bits per heavy atom. The molecule has 2 nitrogen and oxygen atoms in total. The van der Waals surface area contributed by atoms with Crippen LogP contribution in [0.2, 0.25) is 0 Å². The van der Waals surface area contributed by atoms with Gasteiger partial charge in [-0.05, 0) is 22.9 Å². The van der Waals surface area contributed by atoms with E-state index >= 15 is 0 Å². The molecule has 0 aromatic heterocycles. The van der Waals surface area contributed by atoms with Crippen molar-refractivity contribution in [2.75, 3.05) is 0 Å². The van der Waals surface area contributed by atoms with Crippen LogP contribution in [0.4, 0.5) is 4.48 Å². The summed E-state index contributed by atoms with van der Waals surface area (Å²) in [5.41, 5.74) is 1.43. The number of benzene rings is 2. The van der Waals surface area contributed by atoms with Crippen molar-refractivity contribution in [3.63, 3.8) is 0 Å². The van der Waals surface area contributed by atoms with Crippen molar-refractivity contribution in [1.82, 2.24) is 5.54 Å². The fourth-order valence-electron chi connectivity index (χ4n) is 1.39. The van der Waals surface area contributed by atoms with Gasteiger partial charge in [0.2, 0.25) is 0 Å². The molecule has 0 saturated carbocycles. The van der Waals surface area contributed by atoms with Gasteiger partial charge in [0.05, 0.1) is 0 Å². The molecule has 0 radical (unpaired) electrons. The first-order chi connectivity index (χ1) is 6.81. The van der Waals surface area contributed by atoms with Crippen LogP contribution in [-0.2, 0) is 0 Å². The highest BCUT2D eigenvalue weighted by Crippen LogP contribution is 2.15. The SMILES string of the molecule is O=C(NF)c1ccc2ccccc2c1. The van der Waals surface area contributed by atoms with Crippen LogP contribution in [0.5, 0.6) is 0 Å². The zero-order valence-corrected chi connectivity index (χ0v) is 7.33. The van der Waals surface area contributed by atoms with Crippen molar-refractivity contribution >= 4 is 16.7 Å². The topological polar surface area (TPSA) is 29.1 Å². The molecule has 70 valence electrons. The molecule has 1 amide bonds. The molecule has 2 aromatic carbocycles. The number of hydrogen-bond acceptors (Lipinski definition) is 1. The van der Waals surface area contributed by atoms with Crippen molar-refractivity contribution in [1.29, 1.82) is 0 Å². The van der Waals surface area contributed by atoms with Gasteiger partial charge in [-0.3, -0.25) is 4.79 Å². The smallest absolute Gasteiger partial charge is 0.267 e. The zero-order chi connectivity index (χ0) is 9.97. The van der Waals surface area contributed by atoms with E-state index in [0.717, 1.165) is 16.3 Å². The van der Waals surface area contributed by atoms with Gasteiger partial charge in [-0.2, -0.15) is 5.54 Å². The molecule has 0 saturated heterocycles. The summed E-state index contributed by atoms with van der Waals surface area (Å²) in [5.74, 6) is -0.712. The molecule has 0 aliphatic rings. The minimum absolute atomic E-state index is 0.325. The van der Waals surface area contributed by atoms with E-state index in [-0.39, 0.29) is 0 Å². The van der Waals surface area contributed by atoms with Gasteiger partial charge < -0.3 is 0 Å². The summed E-state index contributed by atoms with van der Waals surface area (Å²) in [5, 5.41) is 1.96. The Bertz CT molecular complexity index is 481. The quantitative estimate of drug-likeness (QED) is 0.686. The predicted octanol–water partition coefficient (Wildman–Crippen LogP) is 2.45. The number of amides is 1. The maximum absolute atomic E-state index is 11.9. The van der Waals surface area contributed by atoms with Crippen molar-refractivity contribution in [2.45, 2.75) is 0 Å². The van der Waals surface area contributed by atoms with Gasteiger partial charge >= 0.3 is 0 Å². The Hall–Kier alpha value is -1.90. The maximum atomic E-state index is 11.9. The zero-order valence-electron chi connectivity index (χ0n) is 7.33. The Morgan fingerprint density at radius 3 is 2.50 bits per heavy atom. The highest BCUT2D eigenvalue weighted by molar-refractivity contribution is 5.97. The largest absolute Gasteiger partial charge is 0.278 e. The van der Waals surface area contributed by atoms with Crippen LogP contribution >= 0.6 is 0 Å². The number of rotatable bonds is 1. The molecular weight excluding hydrogens is 181 g/mol. The molecular formula is C11H8FNO. The molecule has 0 aliphatic carbocycles. The molecule has 0 heterocycles. The average molecular weight is 189 g/mol. The number of halogens is 1. The van der Waals surface area contributed by atoms with Gasteiger partial charge in [0.1, 0.15) is 0 Å². The van der Waals surface area contributed by atoms with E-state index < -0.39 is 5.91 Å².